The molecule has 1 aromatic rings. The lowest BCUT2D eigenvalue weighted by Crippen LogP contribution is -2.32. The van der Waals surface area contributed by atoms with Gasteiger partial charge in [-0.1, -0.05) is 0 Å². The van der Waals surface area contributed by atoms with Gasteiger partial charge < -0.3 is 5.11 Å². The minimum atomic E-state index is -4.74. The topological polar surface area (TPSA) is 63.1 Å². The van der Waals surface area contributed by atoms with Crippen LogP contribution in [0.1, 0.15) is 0 Å². The number of halogens is 3. The first-order chi connectivity index (χ1) is 7.41. The molecule has 0 fully saturated rings. The van der Waals surface area contributed by atoms with Gasteiger partial charge in [0.05, 0.1) is 5.03 Å². The highest BCUT2D eigenvalue weighted by atomic mass is 32.2. The first-order valence-electron chi connectivity index (χ1n) is 4.09. The Hall–Kier alpha value is -1.31. The van der Waals surface area contributed by atoms with E-state index < -0.39 is 23.8 Å². The highest BCUT2D eigenvalue weighted by molar-refractivity contribution is 7.99. The Morgan fingerprint density at radius 2 is 2.25 bits per heavy atom. The maximum absolute atomic E-state index is 12.2. The molecule has 0 aliphatic heterocycles. The fraction of sp³-hybridized carbons (Fsp3) is 0.375. The van der Waals surface area contributed by atoms with Gasteiger partial charge in [0.15, 0.2) is 5.92 Å². The number of alkyl halides is 3. The first-order valence-corrected chi connectivity index (χ1v) is 5.08. The normalized spacial score (nSPS) is 13.4. The fourth-order valence-electron chi connectivity index (χ4n) is 0.838. The Bertz CT molecular complexity index is 358. The van der Waals surface area contributed by atoms with E-state index in [1.807, 2.05) is 0 Å². The largest absolute Gasteiger partial charge is 0.481 e. The van der Waals surface area contributed by atoms with E-state index in [4.69, 9.17) is 5.11 Å². The Balaban J connectivity index is 2.62. The van der Waals surface area contributed by atoms with Gasteiger partial charge in [-0.3, -0.25) is 4.79 Å². The average Bonchev–Trinajstić information content (AvgIpc) is 2.17. The third-order valence-corrected chi connectivity index (χ3v) is 2.68. The first kappa shape index (κ1) is 12.8. The van der Waals surface area contributed by atoms with Gasteiger partial charge in [0, 0.05) is 11.9 Å². The minimum Gasteiger partial charge on any atom is -0.481 e. The molecule has 1 unspecified atom stereocenters. The molecule has 0 spiro atoms. The summed E-state index contributed by atoms with van der Waals surface area (Å²) in [6, 6.07) is 1.42. The number of thioether (sulfide) groups is 1. The fourth-order valence-corrected chi connectivity index (χ4v) is 1.79. The van der Waals surface area contributed by atoms with Crippen molar-refractivity contribution in [3.63, 3.8) is 0 Å². The van der Waals surface area contributed by atoms with E-state index in [2.05, 4.69) is 9.97 Å². The number of hydrogen-bond donors (Lipinski definition) is 1. The van der Waals surface area contributed by atoms with Gasteiger partial charge in [-0.05, 0) is 6.07 Å². The summed E-state index contributed by atoms with van der Waals surface area (Å²) >= 11 is 0.732. The van der Waals surface area contributed by atoms with E-state index in [9.17, 15) is 18.0 Å². The second-order valence-electron chi connectivity index (χ2n) is 2.79. The lowest BCUT2D eigenvalue weighted by atomic mass is 10.2. The van der Waals surface area contributed by atoms with Crippen molar-refractivity contribution < 1.29 is 23.1 Å². The number of aromatic nitrogens is 2. The van der Waals surface area contributed by atoms with Crippen molar-refractivity contribution in [2.24, 2.45) is 5.92 Å². The lowest BCUT2D eigenvalue weighted by molar-refractivity contribution is -0.188. The molecule has 1 heterocycles. The van der Waals surface area contributed by atoms with Crippen LogP contribution in [0.5, 0.6) is 0 Å². The molecule has 1 aromatic heterocycles. The van der Waals surface area contributed by atoms with E-state index in [1.165, 1.54) is 18.6 Å². The SMILES string of the molecule is O=C(O)C(CSc1ccncn1)C(F)(F)F. The Labute approximate surface area is 92.9 Å². The predicted octanol–water partition coefficient (Wildman–Crippen LogP) is 1.83. The number of rotatable bonds is 4. The minimum absolute atomic E-state index is 0.311. The van der Waals surface area contributed by atoms with Crippen molar-refractivity contribution >= 4 is 17.7 Å². The van der Waals surface area contributed by atoms with E-state index >= 15 is 0 Å². The van der Waals surface area contributed by atoms with Crippen molar-refractivity contribution in [3.05, 3.63) is 18.6 Å². The van der Waals surface area contributed by atoms with Gasteiger partial charge in [-0.2, -0.15) is 13.2 Å². The van der Waals surface area contributed by atoms with Crippen molar-refractivity contribution in [2.75, 3.05) is 5.75 Å². The van der Waals surface area contributed by atoms with Crippen LogP contribution in [0.25, 0.3) is 0 Å². The monoisotopic (exact) mass is 252 g/mol. The molecule has 0 saturated carbocycles. The summed E-state index contributed by atoms with van der Waals surface area (Å²) in [6.45, 7) is 0. The molecule has 0 saturated heterocycles. The van der Waals surface area contributed by atoms with Crippen LogP contribution in [0.4, 0.5) is 13.2 Å². The molecule has 8 heteroatoms. The summed E-state index contributed by atoms with van der Waals surface area (Å²) in [5.41, 5.74) is 0. The quantitative estimate of drug-likeness (QED) is 0.654. The van der Waals surface area contributed by atoms with Gasteiger partial charge in [0.2, 0.25) is 0 Å². The van der Waals surface area contributed by atoms with E-state index in [0.717, 1.165) is 11.8 Å². The van der Waals surface area contributed by atoms with Crippen LogP contribution in [0.3, 0.4) is 0 Å². The number of aliphatic carboxylic acids is 1. The Morgan fingerprint density at radius 3 is 2.69 bits per heavy atom. The molecule has 0 bridgehead atoms. The van der Waals surface area contributed by atoms with E-state index in [0.29, 0.717) is 5.03 Å². The van der Waals surface area contributed by atoms with Crippen LogP contribution in [-0.2, 0) is 4.79 Å². The maximum Gasteiger partial charge on any atom is 0.403 e. The summed E-state index contributed by atoms with van der Waals surface area (Å²) in [7, 11) is 0. The molecular weight excluding hydrogens is 245 g/mol. The highest BCUT2D eigenvalue weighted by Gasteiger charge is 2.44. The van der Waals surface area contributed by atoms with Crippen molar-refractivity contribution in [1.29, 1.82) is 0 Å². The van der Waals surface area contributed by atoms with Gasteiger partial charge in [-0.25, -0.2) is 9.97 Å². The molecule has 1 rings (SSSR count). The summed E-state index contributed by atoms with van der Waals surface area (Å²) in [6.07, 6.45) is -2.18. The predicted molar refractivity (Wildman–Crippen MR) is 49.9 cm³/mol. The molecule has 16 heavy (non-hydrogen) atoms. The highest BCUT2D eigenvalue weighted by Crippen LogP contribution is 2.31. The molecule has 0 aromatic carbocycles. The molecule has 0 radical (unpaired) electrons. The number of carboxylic acid groups (broad SMARTS) is 1. The lowest BCUT2D eigenvalue weighted by Gasteiger charge is -2.14. The summed E-state index contributed by atoms with van der Waals surface area (Å²) in [5.74, 6) is -4.86. The van der Waals surface area contributed by atoms with Crippen molar-refractivity contribution in [2.45, 2.75) is 11.2 Å². The summed E-state index contributed by atoms with van der Waals surface area (Å²) in [4.78, 5) is 17.7. The van der Waals surface area contributed by atoms with Crippen LogP contribution in [0.15, 0.2) is 23.6 Å². The third kappa shape index (κ3) is 3.69. The van der Waals surface area contributed by atoms with Crippen LogP contribution >= 0.6 is 11.8 Å². The van der Waals surface area contributed by atoms with Gasteiger partial charge >= 0.3 is 12.1 Å². The summed E-state index contributed by atoms with van der Waals surface area (Å²) in [5, 5.41) is 8.73. The number of nitrogens with zero attached hydrogens (tertiary/aromatic N) is 2. The zero-order valence-electron chi connectivity index (χ0n) is 7.81. The van der Waals surface area contributed by atoms with Crippen LogP contribution in [-0.4, -0.2) is 33.0 Å². The van der Waals surface area contributed by atoms with Gasteiger partial charge in [0.1, 0.15) is 6.33 Å². The Morgan fingerprint density at radius 1 is 1.56 bits per heavy atom. The van der Waals surface area contributed by atoms with Crippen LogP contribution < -0.4 is 0 Å². The molecule has 88 valence electrons. The second-order valence-corrected chi connectivity index (χ2v) is 3.83. The number of carbonyl (C=O) groups is 1. The number of carboxylic acids is 1. The van der Waals surface area contributed by atoms with Crippen LogP contribution in [0, 0.1) is 5.92 Å². The standard InChI is InChI=1S/C8H7F3N2O2S/c9-8(10,11)5(7(14)15)3-16-6-1-2-12-4-13-6/h1-2,4-5H,3H2,(H,14,15). The molecule has 0 amide bonds. The zero-order valence-corrected chi connectivity index (χ0v) is 8.63. The summed E-state index contributed by atoms with van der Waals surface area (Å²) < 4.78 is 36.7. The smallest absolute Gasteiger partial charge is 0.403 e. The number of hydrogen-bond acceptors (Lipinski definition) is 4. The van der Waals surface area contributed by atoms with Crippen molar-refractivity contribution in [3.8, 4) is 0 Å². The molecule has 0 aliphatic carbocycles. The molecule has 1 atom stereocenters. The molecule has 4 nitrogen and oxygen atoms in total. The van der Waals surface area contributed by atoms with E-state index in [-0.39, 0.29) is 0 Å². The molecule has 1 N–H and O–H groups in total. The second kappa shape index (κ2) is 5.15. The zero-order chi connectivity index (χ0) is 12.2. The van der Waals surface area contributed by atoms with Gasteiger partial charge in [-0.15, -0.1) is 11.8 Å². The molecular formula is C8H7F3N2O2S. The van der Waals surface area contributed by atoms with Gasteiger partial charge in [0.25, 0.3) is 0 Å². The third-order valence-electron chi connectivity index (χ3n) is 1.65. The maximum atomic E-state index is 12.2. The average molecular weight is 252 g/mol. The van der Waals surface area contributed by atoms with Crippen molar-refractivity contribution in [1.82, 2.24) is 9.97 Å². The Kier molecular flexibility index (Phi) is 4.11. The van der Waals surface area contributed by atoms with E-state index in [1.54, 1.807) is 0 Å². The van der Waals surface area contributed by atoms with Crippen LogP contribution in [0.2, 0.25) is 0 Å². The molecule has 0 aliphatic rings.